The highest BCUT2D eigenvalue weighted by molar-refractivity contribution is 5.60. The Hall–Kier alpha value is -2.01. The normalized spacial score (nSPS) is 13.8. The Kier molecular flexibility index (Phi) is 3.60. The van der Waals surface area contributed by atoms with Crippen LogP contribution in [-0.4, -0.2) is 24.2 Å². The summed E-state index contributed by atoms with van der Waals surface area (Å²) in [5.41, 5.74) is 1.79. The fourth-order valence-electron chi connectivity index (χ4n) is 2.01. The molecule has 2 heterocycles. The van der Waals surface area contributed by atoms with Gasteiger partial charge in [-0.1, -0.05) is 13.8 Å². The number of fused-ring (bicyclic) bond motifs is 1. The molecule has 0 saturated heterocycles. The van der Waals surface area contributed by atoms with Crippen molar-refractivity contribution < 1.29 is 13.9 Å². The molecule has 0 spiro atoms. The topological polar surface area (TPSA) is 56.5 Å². The predicted molar refractivity (Wildman–Crippen MR) is 74.9 cm³/mol. The van der Waals surface area contributed by atoms with E-state index in [1.165, 1.54) is 0 Å². The van der Waals surface area contributed by atoms with Crippen LogP contribution in [0.25, 0.3) is 11.5 Å². The molecule has 0 aliphatic carbocycles. The lowest BCUT2D eigenvalue weighted by Crippen LogP contribution is -2.21. The van der Waals surface area contributed by atoms with E-state index in [2.05, 4.69) is 24.1 Å². The van der Waals surface area contributed by atoms with Crippen molar-refractivity contribution in [2.45, 2.75) is 26.4 Å². The van der Waals surface area contributed by atoms with Crippen LogP contribution in [0.4, 0.5) is 0 Å². The van der Waals surface area contributed by atoms with Crippen molar-refractivity contribution >= 4 is 0 Å². The van der Waals surface area contributed by atoms with Gasteiger partial charge in [0.15, 0.2) is 11.5 Å². The molecule has 1 aromatic heterocycles. The number of rotatable bonds is 4. The predicted octanol–water partition coefficient (Wildman–Crippen LogP) is 2.61. The van der Waals surface area contributed by atoms with Crippen LogP contribution in [0, 0.1) is 0 Å². The van der Waals surface area contributed by atoms with Crippen LogP contribution >= 0.6 is 0 Å². The fourth-order valence-corrected chi connectivity index (χ4v) is 2.01. The summed E-state index contributed by atoms with van der Waals surface area (Å²) in [6.07, 6.45) is 1.68. The first-order valence-electron chi connectivity index (χ1n) is 6.80. The van der Waals surface area contributed by atoms with Gasteiger partial charge in [0.1, 0.15) is 19.5 Å². The Balaban J connectivity index is 1.79. The molecule has 0 amide bonds. The molecule has 2 aromatic rings. The Morgan fingerprint density at radius 3 is 2.80 bits per heavy atom. The maximum atomic E-state index is 5.56. The standard InChI is InChI=1S/C15H18N2O3/c1-10(2)16-8-12-9-20-15(17-12)11-3-4-13-14(7-11)19-6-5-18-13/h3-4,7,9-10,16H,5-6,8H2,1-2H3. The first-order valence-corrected chi connectivity index (χ1v) is 6.80. The molecule has 5 nitrogen and oxygen atoms in total. The molecule has 1 aliphatic rings. The fraction of sp³-hybridized carbons (Fsp3) is 0.400. The molecule has 0 saturated carbocycles. The minimum Gasteiger partial charge on any atom is -0.486 e. The van der Waals surface area contributed by atoms with Gasteiger partial charge in [0.25, 0.3) is 0 Å². The van der Waals surface area contributed by atoms with Crippen LogP contribution in [-0.2, 0) is 6.54 Å². The van der Waals surface area contributed by atoms with Crippen LogP contribution in [0.1, 0.15) is 19.5 Å². The van der Waals surface area contributed by atoms with Crippen LogP contribution in [0.15, 0.2) is 28.9 Å². The van der Waals surface area contributed by atoms with Crippen LogP contribution in [0.2, 0.25) is 0 Å². The van der Waals surface area contributed by atoms with E-state index in [0.717, 1.165) is 22.8 Å². The third kappa shape index (κ3) is 2.77. The van der Waals surface area contributed by atoms with Crippen molar-refractivity contribution in [1.82, 2.24) is 10.3 Å². The highest BCUT2D eigenvalue weighted by Gasteiger charge is 2.14. The Bertz CT molecular complexity index is 593. The number of oxazole rings is 1. The molecule has 20 heavy (non-hydrogen) atoms. The average Bonchev–Trinajstić information content (AvgIpc) is 2.93. The molecule has 0 bridgehead atoms. The van der Waals surface area contributed by atoms with Crippen molar-refractivity contribution in [3.05, 3.63) is 30.2 Å². The van der Waals surface area contributed by atoms with E-state index in [-0.39, 0.29) is 0 Å². The van der Waals surface area contributed by atoms with Gasteiger partial charge >= 0.3 is 0 Å². The maximum Gasteiger partial charge on any atom is 0.226 e. The van der Waals surface area contributed by atoms with Crippen LogP contribution < -0.4 is 14.8 Å². The summed E-state index contributed by atoms with van der Waals surface area (Å²) in [5.74, 6) is 2.12. The summed E-state index contributed by atoms with van der Waals surface area (Å²) < 4.78 is 16.6. The molecule has 1 aromatic carbocycles. The number of ether oxygens (including phenoxy) is 2. The van der Waals surface area contributed by atoms with Crippen molar-refractivity contribution in [3.63, 3.8) is 0 Å². The lowest BCUT2D eigenvalue weighted by Gasteiger charge is -2.18. The van der Waals surface area contributed by atoms with Gasteiger partial charge in [-0.3, -0.25) is 0 Å². The van der Waals surface area contributed by atoms with Gasteiger partial charge in [0.2, 0.25) is 5.89 Å². The molecule has 1 N–H and O–H groups in total. The smallest absolute Gasteiger partial charge is 0.226 e. The molecule has 0 atom stereocenters. The van der Waals surface area contributed by atoms with Gasteiger partial charge < -0.3 is 19.2 Å². The minimum atomic E-state index is 0.421. The van der Waals surface area contributed by atoms with Crippen molar-refractivity contribution in [1.29, 1.82) is 0 Å². The van der Waals surface area contributed by atoms with Gasteiger partial charge in [-0.25, -0.2) is 4.98 Å². The van der Waals surface area contributed by atoms with Gasteiger partial charge in [0, 0.05) is 18.2 Å². The first kappa shape index (κ1) is 13.0. The molecule has 0 radical (unpaired) electrons. The number of hydrogen-bond acceptors (Lipinski definition) is 5. The van der Waals surface area contributed by atoms with E-state index in [4.69, 9.17) is 13.9 Å². The molecule has 3 rings (SSSR count). The summed E-state index contributed by atoms with van der Waals surface area (Å²) in [4.78, 5) is 4.48. The quantitative estimate of drug-likeness (QED) is 0.928. The van der Waals surface area contributed by atoms with E-state index in [1.54, 1.807) is 6.26 Å². The van der Waals surface area contributed by atoms with Gasteiger partial charge in [-0.05, 0) is 18.2 Å². The second-order valence-electron chi connectivity index (χ2n) is 5.04. The van der Waals surface area contributed by atoms with Gasteiger partial charge in [-0.2, -0.15) is 0 Å². The van der Waals surface area contributed by atoms with Crippen molar-refractivity contribution in [2.24, 2.45) is 0 Å². The second kappa shape index (κ2) is 5.54. The minimum absolute atomic E-state index is 0.421. The monoisotopic (exact) mass is 274 g/mol. The molecule has 0 unspecified atom stereocenters. The Labute approximate surface area is 117 Å². The number of nitrogens with one attached hydrogen (secondary N) is 1. The number of aromatic nitrogens is 1. The van der Waals surface area contributed by atoms with E-state index in [0.29, 0.717) is 31.7 Å². The zero-order valence-electron chi connectivity index (χ0n) is 11.7. The third-order valence-electron chi connectivity index (χ3n) is 3.03. The Morgan fingerprint density at radius 1 is 1.20 bits per heavy atom. The van der Waals surface area contributed by atoms with E-state index >= 15 is 0 Å². The highest BCUT2D eigenvalue weighted by Crippen LogP contribution is 2.34. The SMILES string of the molecule is CC(C)NCc1coc(-c2ccc3c(c2)OCCO3)n1. The summed E-state index contributed by atoms with van der Waals surface area (Å²) in [6, 6.07) is 6.14. The Morgan fingerprint density at radius 2 is 2.00 bits per heavy atom. The molecule has 5 heteroatoms. The summed E-state index contributed by atoms with van der Waals surface area (Å²) in [5, 5.41) is 3.31. The molecule has 1 aliphatic heterocycles. The largest absolute Gasteiger partial charge is 0.486 e. The number of hydrogen-bond donors (Lipinski definition) is 1. The molecular weight excluding hydrogens is 256 g/mol. The molecular formula is C15H18N2O3. The van der Waals surface area contributed by atoms with E-state index < -0.39 is 0 Å². The van der Waals surface area contributed by atoms with Gasteiger partial charge in [-0.15, -0.1) is 0 Å². The van der Waals surface area contributed by atoms with E-state index in [9.17, 15) is 0 Å². The first-order chi connectivity index (χ1) is 9.72. The molecule has 0 fully saturated rings. The number of benzene rings is 1. The zero-order valence-corrected chi connectivity index (χ0v) is 11.7. The second-order valence-corrected chi connectivity index (χ2v) is 5.04. The zero-order chi connectivity index (χ0) is 13.9. The maximum absolute atomic E-state index is 5.56. The highest BCUT2D eigenvalue weighted by atomic mass is 16.6. The lowest BCUT2D eigenvalue weighted by atomic mass is 10.2. The summed E-state index contributed by atoms with van der Waals surface area (Å²) >= 11 is 0. The van der Waals surface area contributed by atoms with Crippen LogP contribution in [0.3, 0.4) is 0 Å². The number of nitrogens with zero attached hydrogens (tertiary/aromatic N) is 1. The van der Waals surface area contributed by atoms with Crippen LogP contribution in [0.5, 0.6) is 11.5 Å². The summed E-state index contributed by atoms with van der Waals surface area (Å²) in [6.45, 7) is 6.07. The van der Waals surface area contributed by atoms with Crippen molar-refractivity contribution in [2.75, 3.05) is 13.2 Å². The summed E-state index contributed by atoms with van der Waals surface area (Å²) in [7, 11) is 0. The molecule has 106 valence electrons. The van der Waals surface area contributed by atoms with Gasteiger partial charge in [0.05, 0.1) is 5.69 Å². The van der Waals surface area contributed by atoms with E-state index in [1.807, 2.05) is 18.2 Å². The third-order valence-corrected chi connectivity index (χ3v) is 3.03. The average molecular weight is 274 g/mol. The lowest BCUT2D eigenvalue weighted by molar-refractivity contribution is 0.171. The van der Waals surface area contributed by atoms with Crippen molar-refractivity contribution in [3.8, 4) is 23.0 Å².